The van der Waals surface area contributed by atoms with Gasteiger partial charge in [-0.25, -0.2) is 0 Å². The van der Waals surface area contributed by atoms with E-state index in [1.807, 2.05) is 24.3 Å². The van der Waals surface area contributed by atoms with E-state index in [1.165, 1.54) is 21.9 Å². The van der Waals surface area contributed by atoms with Gasteiger partial charge in [-0.1, -0.05) is 127 Å². The summed E-state index contributed by atoms with van der Waals surface area (Å²) in [4.78, 5) is 2.30. The average Bonchev–Trinajstić information content (AvgIpc) is 2.94. The Balaban J connectivity index is 1.69. The second-order valence-electron chi connectivity index (χ2n) is 8.53. The van der Waals surface area contributed by atoms with Gasteiger partial charge in [0.1, 0.15) is 0 Å². The molecule has 0 heterocycles. The van der Waals surface area contributed by atoms with Crippen molar-refractivity contribution in [3.63, 3.8) is 0 Å². The van der Waals surface area contributed by atoms with Crippen molar-refractivity contribution < 1.29 is 1.37 Å². The summed E-state index contributed by atoms with van der Waals surface area (Å²) < 4.78 is 8.38. The number of fused-ring (bicyclic) bond motifs is 1. The fourth-order valence-electron chi connectivity index (χ4n) is 4.83. The van der Waals surface area contributed by atoms with Crippen molar-refractivity contribution in [2.24, 2.45) is 0 Å². The molecule has 0 unspecified atom stereocenters. The van der Waals surface area contributed by atoms with Crippen LogP contribution in [0.25, 0.3) is 33.0 Å². The van der Waals surface area contributed by atoms with Gasteiger partial charge in [0.25, 0.3) is 0 Å². The molecular weight excluding hydrogens is 422 g/mol. The largest absolute Gasteiger partial charge is 0.309 e. The predicted octanol–water partition coefficient (Wildman–Crippen LogP) is 9.64. The number of rotatable bonds is 5. The van der Waals surface area contributed by atoms with Crippen LogP contribution in [0.3, 0.4) is 0 Å². The van der Waals surface area contributed by atoms with Crippen LogP contribution in [0, 0.1) is 0 Å². The Labute approximate surface area is 208 Å². The summed E-state index contributed by atoms with van der Waals surface area (Å²) in [5, 5.41) is 2.36. The maximum atomic E-state index is 8.38. The van der Waals surface area contributed by atoms with Crippen LogP contribution in [0.1, 0.15) is 1.37 Å². The van der Waals surface area contributed by atoms with E-state index in [-0.39, 0.29) is 0 Å². The first-order valence-corrected chi connectivity index (χ1v) is 11.9. The Kier molecular flexibility index (Phi) is 5.28. The third-order valence-electron chi connectivity index (χ3n) is 6.39. The molecule has 0 N–H and O–H groups in total. The number of hydrogen-bond donors (Lipinski definition) is 0. The average molecular weight is 449 g/mol. The number of para-hydroxylation sites is 2. The van der Waals surface area contributed by atoms with Gasteiger partial charge in [0.2, 0.25) is 0 Å². The standard InChI is InChI=1S/C34H25N/c1-4-14-26(15-5-1)30-22-10-11-24-32(30)35(29-20-8-3-9-21-29)33-25-13-19-28-18-12-23-31(34(28)33)27-16-6-2-7-17-27/h1-25H/i8D. The van der Waals surface area contributed by atoms with E-state index in [2.05, 4.69) is 126 Å². The number of hydrogen-bond acceptors (Lipinski definition) is 1. The van der Waals surface area contributed by atoms with Gasteiger partial charge in [0.15, 0.2) is 0 Å². The Bertz CT molecular complexity index is 1640. The minimum Gasteiger partial charge on any atom is -0.309 e. The Morgan fingerprint density at radius 2 is 1.00 bits per heavy atom. The van der Waals surface area contributed by atoms with Crippen LogP contribution in [-0.2, 0) is 0 Å². The molecule has 0 bridgehead atoms. The van der Waals surface area contributed by atoms with Crippen LogP contribution < -0.4 is 4.90 Å². The van der Waals surface area contributed by atoms with Gasteiger partial charge in [0, 0.05) is 16.6 Å². The quantitative estimate of drug-likeness (QED) is 0.254. The topological polar surface area (TPSA) is 3.24 Å². The Hall–Kier alpha value is -4.62. The van der Waals surface area contributed by atoms with Crippen molar-refractivity contribution in [3.05, 3.63) is 152 Å². The van der Waals surface area contributed by atoms with Crippen molar-refractivity contribution >= 4 is 27.8 Å². The second-order valence-corrected chi connectivity index (χ2v) is 8.53. The summed E-state index contributed by atoms with van der Waals surface area (Å²) in [5.74, 6) is 0. The number of benzene rings is 6. The van der Waals surface area contributed by atoms with Crippen LogP contribution in [-0.4, -0.2) is 0 Å². The van der Waals surface area contributed by atoms with Gasteiger partial charge in [-0.3, -0.25) is 0 Å². The van der Waals surface area contributed by atoms with Crippen LogP contribution in [0.5, 0.6) is 0 Å². The molecule has 0 saturated carbocycles. The van der Waals surface area contributed by atoms with E-state index in [1.54, 1.807) is 0 Å². The van der Waals surface area contributed by atoms with Gasteiger partial charge in [-0.05, 0) is 46.3 Å². The molecule has 0 atom stereocenters. The molecule has 0 aliphatic heterocycles. The van der Waals surface area contributed by atoms with Gasteiger partial charge in [-0.15, -0.1) is 0 Å². The zero-order valence-electron chi connectivity index (χ0n) is 20.3. The molecule has 166 valence electrons. The van der Waals surface area contributed by atoms with Crippen LogP contribution in [0.2, 0.25) is 0 Å². The monoisotopic (exact) mass is 448 g/mol. The second kappa shape index (κ2) is 9.32. The van der Waals surface area contributed by atoms with Crippen molar-refractivity contribution in [2.75, 3.05) is 4.90 Å². The Morgan fingerprint density at radius 3 is 1.74 bits per heavy atom. The highest BCUT2D eigenvalue weighted by Crippen LogP contribution is 2.45. The first-order chi connectivity index (χ1) is 17.8. The maximum Gasteiger partial charge on any atom is 0.0623 e. The van der Waals surface area contributed by atoms with Crippen molar-refractivity contribution in [1.82, 2.24) is 0 Å². The summed E-state index contributed by atoms with van der Waals surface area (Å²) in [6.45, 7) is 0. The number of anilines is 3. The molecule has 35 heavy (non-hydrogen) atoms. The van der Waals surface area contributed by atoms with Crippen LogP contribution in [0.15, 0.2) is 152 Å². The van der Waals surface area contributed by atoms with E-state index >= 15 is 0 Å². The summed E-state index contributed by atoms with van der Waals surface area (Å²) in [6, 6.07) is 50.8. The third-order valence-corrected chi connectivity index (χ3v) is 6.39. The molecule has 0 aliphatic rings. The van der Waals surface area contributed by atoms with Gasteiger partial charge in [-0.2, -0.15) is 0 Å². The highest BCUT2D eigenvalue weighted by molar-refractivity contribution is 6.08. The lowest BCUT2D eigenvalue weighted by Crippen LogP contribution is -2.12. The molecule has 0 aliphatic carbocycles. The van der Waals surface area contributed by atoms with E-state index in [9.17, 15) is 0 Å². The molecular formula is C34H25N. The zero-order chi connectivity index (χ0) is 24.3. The SMILES string of the molecule is [2H]c1cccc(N(c2ccccc2-c2ccccc2)c2cccc3cccc(-c4ccccc4)c23)c1. The highest BCUT2D eigenvalue weighted by atomic mass is 15.1. The fraction of sp³-hybridized carbons (Fsp3) is 0. The van der Waals surface area contributed by atoms with E-state index in [4.69, 9.17) is 1.37 Å². The van der Waals surface area contributed by atoms with Gasteiger partial charge in [0.05, 0.1) is 12.7 Å². The predicted molar refractivity (Wildman–Crippen MR) is 150 cm³/mol. The molecule has 1 nitrogen and oxygen atoms in total. The molecule has 0 radical (unpaired) electrons. The highest BCUT2D eigenvalue weighted by Gasteiger charge is 2.20. The minimum atomic E-state index is 0.484. The van der Waals surface area contributed by atoms with E-state index in [0.717, 1.165) is 28.2 Å². The summed E-state index contributed by atoms with van der Waals surface area (Å²) in [6.07, 6.45) is 0. The first-order valence-electron chi connectivity index (χ1n) is 12.4. The summed E-state index contributed by atoms with van der Waals surface area (Å²) in [7, 11) is 0. The van der Waals surface area contributed by atoms with E-state index in [0.29, 0.717) is 6.04 Å². The van der Waals surface area contributed by atoms with Crippen molar-refractivity contribution in [1.29, 1.82) is 0 Å². The lowest BCUT2D eigenvalue weighted by atomic mass is 9.95. The fourth-order valence-corrected chi connectivity index (χ4v) is 4.83. The molecule has 0 spiro atoms. The normalized spacial score (nSPS) is 11.3. The lowest BCUT2D eigenvalue weighted by Gasteiger charge is -2.29. The smallest absolute Gasteiger partial charge is 0.0623 e. The lowest BCUT2D eigenvalue weighted by molar-refractivity contribution is 1.30. The maximum absolute atomic E-state index is 8.38. The molecule has 6 aromatic rings. The van der Waals surface area contributed by atoms with Crippen LogP contribution >= 0.6 is 0 Å². The molecule has 0 fully saturated rings. The third kappa shape index (κ3) is 3.98. The van der Waals surface area contributed by atoms with Crippen LogP contribution in [0.4, 0.5) is 17.1 Å². The van der Waals surface area contributed by atoms with Crippen molar-refractivity contribution in [3.8, 4) is 22.3 Å². The van der Waals surface area contributed by atoms with Crippen molar-refractivity contribution in [2.45, 2.75) is 0 Å². The zero-order valence-corrected chi connectivity index (χ0v) is 19.3. The molecule has 6 rings (SSSR count). The first kappa shape index (κ1) is 19.8. The number of nitrogens with zero attached hydrogens (tertiary/aromatic N) is 1. The summed E-state index contributed by atoms with van der Waals surface area (Å²) in [5.41, 5.74) is 7.78. The van der Waals surface area contributed by atoms with Gasteiger partial charge >= 0.3 is 0 Å². The summed E-state index contributed by atoms with van der Waals surface area (Å²) >= 11 is 0. The van der Waals surface area contributed by atoms with Gasteiger partial charge < -0.3 is 4.90 Å². The van der Waals surface area contributed by atoms with E-state index < -0.39 is 0 Å². The minimum absolute atomic E-state index is 0.484. The molecule has 6 aromatic carbocycles. The Morgan fingerprint density at radius 1 is 0.429 bits per heavy atom. The molecule has 0 aromatic heterocycles. The molecule has 1 heteroatoms. The molecule has 0 saturated heterocycles. The molecule has 0 amide bonds.